The normalized spacial score (nSPS) is 24.9. The van der Waals surface area contributed by atoms with Crippen molar-refractivity contribution in [1.29, 1.82) is 0 Å². The third-order valence-electron chi connectivity index (χ3n) is 3.51. The molecular weight excluding hydrogens is 216 g/mol. The second-order valence-electron chi connectivity index (χ2n) is 5.21. The van der Waals surface area contributed by atoms with E-state index in [0.29, 0.717) is 5.92 Å². The number of carbonyl (C=O) groups is 1. The maximum Gasteiger partial charge on any atom is 0.216 e. The van der Waals surface area contributed by atoms with E-state index in [1.165, 1.54) is 12.8 Å². The van der Waals surface area contributed by atoms with E-state index in [1.807, 2.05) is 0 Å². The van der Waals surface area contributed by atoms with E-state index in [1.54, 1.807) is 6.92 Å². The molecule has 0 radical (unpaired) electrons. The van der Waals surface area contributed by atoms with Crippen LogP contribution in [0.1, 0.15) is 39.0 Å². The van der Waals surface area contributed by atoms with Gasteiger partial charge in [0.1, 0.15) is 0 Å². The zero-order valence-corrected chi connectivity index (χ0v) is 11.1. The summed E-state index contributed by atoms with van der Waals surface area (Å²) < 4.78 is 0. The summed E-state index contributed by atoms with van der Waals surface area (Å²) in [6.07, 6.45) is 5.40. The lowest BCUT2D eigenvalue weighted by Gasteiger charge is -2.31. The SMILES string of the molecule is CC(=O)NCCCN(C)CC1CCCCC1O. The fraction of sp³-hybridized carbons (Fsp3) is 0.923. The summed E-state index contributed by atoms with van der Waals surface area (Å²) in [6, 6.07) is 0. The Hall–Kier alpha value is -0.610. The van der Waals surface area contributed by atoms with Crippen LogP contribution in [-0.4, -0.2) is 48.7 Å². The number of hydrogen-bond donors (Lipinski definition) is 2. The average Bonchev–Trinajstić information content (AvgIpc) is 2.27. The molecule has 1 amide bonds. The van der Waals surface area contributed by atoms with E-state index in [9.17, 15) is 9.90 Å². The van der Waals surface area contributed by atoms with Gasteiger partial charge in [-0.1, -0.05) is 12.8 Å². The Kier molecular flexibility index (Phi) is 6.52. The van der Waals surface area contributed by atoms with Crippen LogP contribution >= 0.6 is 0 Å². The van der Waals surface area contributed by atoms with Gasteiger partial charge >= 0.3 is 0 Å². The molecule has 4 heteroatoms. The van der Waals surface area contributed by atoms with Gasteiger partial charge < -0.3 is 15.3 Å². The molecule has 0 bridgehead atoms. The number of aliphatic hydroxyl groups is 1. The highest BCUT2D eigenvalue weighted by Crippen LogP contribution is 2.24. The lowest BCUT2D eigenvalue weighted by molar-refractivity contribution is -0.118. The van der Waals surface area contributed by atoms with Crippen molar-refractivity contribution in [3.05, 3.63) is 0 Å². The molecule has 1 aliphatic carbocycles. The molecule has 2 N–H and O–H groups in total. The van der Waals surface area contributed by atoms with Crippen molar-refractivity contribution in [2.75, 3.05) is 26.7 Å². The molecule has 1 saturated carbocycles. The van der Waals surface area contributed by atoms with Crippen molar-refractivity contribution in [3.8, 4) is 0 Å². The fourth-order valence-corrected chi connectivity index (χ4v) is 2.51. The Balaban J connectivity index is 2.11. The van der Waals surface area contributed by atoms with Gasteiger partial charge in [0.15, 0.2) is 0 Å². The van der Waals surface area contributed by atoms with Crippen LogP contribution in [0.4, 0.5) is 0 Å². The number of amides is 1. The summed E-state index contributed by atoms with van der Waals surface area (Å²) in [7, 11) is 2.09. The van der Waals surface area contributed by atoms with Crippen LogP contribution in [0.5, 0.6) is 0 Å². The molecule has 0 aromatic rings. The summed E-state index contributed by atoms with van der Waals surface area (Å²) in [5.74, 6) is 0.477. The Morgan fingerprint density at radius 2 is 2.12 bits per heavy atom. The Morgan fingerprint density at radius 1 is 1.41 bits per heavy atom. The number of hydrogen-bond acceptors (Lipinski definition) is 3. The maximum absolute atomic E-state index is 10.7. The molecular formula is C13H26N2O2. The first kappa shape index (κ1) is 14.5. The van der Waals surface area contributed by atoms with Crippen LogP contribution < -0.4 is 5.32 Å². The van der Waals surface area contributed by atoms with Gasteiger partial charge in [-0.25, -0.2) is 0 Å². The van der Waals surface area contributed by atoms with Crippen molar-refractivity contribution >= 4 is 5.91 Å². The zero-order chi connectivity index (χ0) is 12.7. The Labute approximate surface area is 104 Å². The van der Waals surface area contributed by atoms with Crippen LogP contribution in [-0.2, 0) is 4.79 Å². The van der Waals surface area contributed by atoms with Crippen molar-refractivity contribution in [1.82, 2.24) is 10.2 Å². The van der Waals surface area contributed by atoms with Gasteiger partial charge in [-0.3, -0.25) is 4.79 Å². The molecule has 2 unspecified atom stereocenters. The summed E-state index contributed by atoms with van der Waals surface area (Å²) in [5.41, 5.74) is 0. The standard InChI is InChI=1S/C13H26N2O2/c1-11(16)14-8-5-9-15(2)10-12-6-3-4-7-13(12)17/h12-13,17H,3-10H2,1-2H3,(H,14,16). The molecule has 2 atom stereocenters. The molecule has 1 rings (SSSR count). The van der Waals surface area contributed by atoms with Crippen molar-refractivity contribution in [3.63, 3.8) is 0 Å². The monoisotopic (exact) mass is 242 g/mol. The van der Waals surface area contributed by atoms with Crippen molar-refractivity contribution in [2.24, 2.45) is 5.92 Å². The summed E-state index contributed by atoms with van der Waals surface area (Å²) in [6.45, 7) is 4.24. The molecule has 100 valence electrons. The smallest absolute Gasteiger partial charge is 0.216 e. The minimum Gasteiger partial charge on any atom is -0.393 e. The van der Waals surface area contributed by atoms with Crippen LogP contribution in [0.3, 0.4) is 0 Å². The number of aliphatic hydroxyl groups excluding tert-OH is 1. The molecule has 1 fully saturated rings. The third-order valence-corrected chi connectivity index (χ3v) is 3.51. The van der Waals surface area contributed by atoms with E-state index >= 15 is 0 Å². The quantitative estimate of drug-likeness (QED) is 0.683. The van der Waals surface area contributed by atoms with E-state index in [-0.39, 0.29) is 12.0 Å². The van der Waals surface area contributed by atoms with Gasteiger partial charge in [0.2, 0.25) is 5.91 Å². The maximum atomic E-state index is 10.7. The minimum absolute atomic E-state index is 0.0374. The fourth-order valence-electron chi connectivity index (χ4n) is 2.51. The van der Waals surface area contributed by atoms with Crippen LogP contribution in [0.15, 0.2) is 0 Å². The summed E-state index contributed by atoms with van der Waals surface area (Å²) >= 11 is 0. The van der Waals surface area contributed by atoms with Crippen molar-refractivity contribution < 1.29 is 9.90 Å². The molecule has 1 aliphatic rings. The van der Waals surface area contributed by atoms with Crippen LogP contribution in [0.2, 0.25) is 0 Å². The molecule has 0 heterocycles. The van der Waals surface area contributed by atoms with Crippen molar-refractivity contribution in [2.45, 2.75) is 45.1 Å². The second-order valence-corrected chi connectivity index (χ2v) is 5.21. The van der Waals surface area contributed by atoms with Gasteiger partial charge in [-0.15, -0.1) is 0 Å². The largest absolute Gasteiger partial charge is 0.393 e. The zero-order valence-electron chi connectivity index (χ0n) is 11.1. The number of rotatable bonds is 6. The number of carbonyl (C=O) groups excluding carboxylic acids is 1. The van der Waals surface area contributed by atoms with E-state index in [2.05, 4.69) is 17.3 Å². The number of nitrogens with one attached hydrogen (secondary N) is 1. The lowest BCUT2D eigenvalue weighted by atomic mass is 9.86. The van der Waals surface area contributed by atoms with E-state index in [0.717, 1.165) is 38.9 Å². The van der Waals surface area contributed by atoms with E-state index in [4.69, 9.17) is 0 Å². The molecule has 4 nitrogen and oxygen atoms in total. The average molecular weight is 242 g/mol. The van der Waals surface area contributed by atoms with Gasteiger partial charge in [-0.2, -0.15) is 0 Å². The first-order valence-corrected chi connectivity index (χ1v) is 6.70. The summed E-state index contributed by atoms with van der Waals surface area (Å²) in [4.78, 5) is 13.0. The molecule has 0 aromatic carbocycles. The molecule has 0 aliphatic heterocycles. The predicted octanol–water partition coefficient (Wildman–Crippen LogP) is 0.995. The number of nitrogens with zero attached hydrogens (tertiary/aromatic N) is 1. The minimum atomic E-state index is -0.110. The Bertz CT molecular complexity index is 233. The summed E-state index contributed by atoms with van der Waals surface area (Å²) in [5, 5.41) is 12.7. The van der Waals surface area contributed by atoms with Crippen LogP contribution in [0, 0.1) is 5.92 Å². The van der Waals surface area contributed by atoms with Gasteiger partial charge in [-0.05, 0) is 38.8 Å². The molecule has 0 aromatic heterocycles. The topological polar surface area (TPSA) is 52.6 Å². The highest BCUT2D eigenvalue weighted by molar-refractivity contribution is 5.72. The van der Waals surface area contributed by atoms with Gasteiger partial charge in [0.05, 0.1) is 6.10 Å². The second kappa shape index (κ2) is 7.67. The van der Waals surface area contributed by atoms with Gasteiger partial charge in [0.25, 0.3) is 0 Å². The first-order chi connectivity index (χ1) is 8.09. The Morgan fingerprint density at radius 3 is 2.76 bits per heavy atom. The molecule has 0 saturated heterocycles. The predicted molar refractivity (Wildman–Crippen MR) is 68.8 cm³/mol. The van der Waals surface area contributed by atoms with Gasteiger partial charge in [0, 0.05) is 20.0 Å². The first-order valence-electron chi connectivity index (χ1n) is 6.70. The molecule has 17 heavy (non-hydrogen) atoms. The third kappa shape index (κ3) is 6.03. The van der Waals surface area contributed by atoms with E-state index < -0.39 is 0 Å². The highest BCUT2D eigenvalue weighted by atomic mass is 16.3. The highest BCUT2D eigenvalue weighted by Gasteiger charge is 2.23. The molecule has 0 spiro atoms. The lowest BCUT2D eigenvalue weighted by Crippen LogP contribution is -2.36. The van der Waals surface area contributed by atoms with Crippen LogP contribution in [0.25, 0.3) is 0 Å².